The van der Waals surface area contributed by atoms with Crippen molar-refractivity contribution in [3.8, 4) is 0 Å². The van der Waals surface area contributed by atoms with Crippen LogP contribution < -0.4 is 5.32 Å². The van der Waals surface area contributed by atoms with Crippen LogP contribution in [-0.4, -0.2) is 12.5 Å². The van der Waals surface area contributed by atoms with Gasteiger partial charge in [-0.3, -0.25) is 4.79 Å². The van der Waals surface area contributed by atoms with E-state index in [2.05, 4.69) is 5.32 Å². The predicted molar refractivity (Wildman–Crippen MR) is 47.4 cm³/mol. The Kier molecular flexibility index (Phi) is 7.21. The van der Waals surface area contributed by atoms with E-state index >= 15 is 0 Å². The molecule has 0 atom stereocenters. The molecule has 1 aliphatic carbocycles. The van der Waals surface area contributed by atoms with Gasteiger partial charge in [0.25, 0.3) is 0 Å². The monoisotopic (exact) mass is 157 g/mol. The van der Waals surface area contributed by atoms with E-state index in [-0.39, 0.29) is 0 Å². The largest absolute Gasteiger partial charge is 0.356 e. The maximum atomic E-state index is 9.96. The molecule has 0 unspecified atom stereocenters. The molecule has 0 bridgehead atoms. The molecule has 1 rings (SSSR count). The number of amides is 1. The zero-order valence-corrected chi connectivity index (χ0v) is 7.60. The number of carbonyl (C=O) groups is 1. The molecule has 1 aliphatic rings. The van der Waals surface area contributed by atoms with Crippen LogP contribution in [0.25, 0.3) is 0 Å². The number of rotatable bonds is 2. The van der Waals surface area contributed by atoms with Gasteiger partial charge in [0.1, 0.15) is 0 Å². The molecule has 0 aromatic carbocycles. The summed E-state index contributed by atoms with van der Waals surface area (Å²) in [6, 6.07) is 0.483. The smallest absolute Gasteiger partial charge is 0.207 e. The van der Waals surface area contributed by atoms with Gasteiger partial charge in [-0.1, -0.05) is 33.1 Å². The molecule has 2 heteroatoms. The van der Waals surface area contributed by atoms with Crippen LogP contribution in [0.1, 0.15) is 46.0 Å². The standard InChI is InChI=1S/C7H13NO.C2H6/c9-6-8-7-4-2-1-3-5-7;1-2/h6-7H,1-5H2,(H,8,9);1-2H3. The van der Waals surface area contributed by atoms with Gasteiger partial charge in [-0.25, -0.2) is 0 Å². The van der Waals surface area contributed by atoms with E-state index in [1.54, 1.807) is 0 Å². The first-order valence-corrected chi connectivity index (χ1v) is 4.63. The summed E-state index contributed by atoms with van der Waals surface area (Å²) in [4.78, 5) is 9.96. The average molecular weight is 157 g/mol. The molecule has 11 heavy (non-hydrogen) atoms. The maximum absolute atomic E-state index is 9.96. The van der Waals surface area contributed by atoms with E-state index in [1.807, 2.05) is 13.8 Å². The van der Waals surface area contributed by atoms with Gasteiger partial charge >= 0.3 is 0 Å². The Morgan fingerprint density at radius 1 is 1.18 bits per heavy atom. The van der Waals surface area contributed by atoms with Gasteiger partial charge < -0.3 is 5.32 Å². The summed E-state index contributed by atoms with van der Waals surface area (Å²) in [7, 11) is 0. The van der Waals surface area contributed by atoms with Crippen LogP contribution in [0.15, 0.2) is 0 Å². The predicted octanol–water partition coefficient (Wildman–Crippen LogP) is 2.09. The highest BCUT2D eigenvalue weighted by Crippen LogP contribution is 2.16. The highest BCUT2D eigenvalue weighted by molar-refractivity contribution is 5.46. The minimum absolute atomic E-state index is 0.483. The van der Waals surface area contributed by atoms with Crippen molar-refractivity contribution in [2.24, 2.45) is 0 Å². The number of hydrogen-bond donors (Lipinski definition) is 1. The lowest BCUT2D eigenvalue weighted by Gasteiger charge is -2.19. The van der Waals surface area contributed by atoms with E-state index in [0.717, 1.165) is 6.41 Å². The second-order valence-electron chi connectivity index (χ2n) is 2.62. The van der Waals surface area contributed by atoms with Gasteiger partial charge in [0.15, 0.2) is 0 Å². The third-order valence-corrected chi connectivity index (χ3v) is 1.91. The first kappa shape index (κ1) is 10.5. The van der Waals surface area contributed by atoms with Crippen LogP contribution in [0.2, 0.25) is 0 Å². The van der Waals surface area contributed by atoms with Crippen molar-refractivity contribution in [3.05, 3.63) is 0 Å². The van der Waals surface area contributed by atoms with Crippen LogP contribution in [0.5, 0.6) is 0 Å². The van der Waals surface area contributed by atoms with Gasteiger partial charge in [-0.15, -0.1) is 0 Å². The molecule has 1 saturated carbocycles. The lowest BCUT2D eigenvalue weighted by Crippen LogP contribution is -2.29. The fraction of sp³-hybridized carbons (Fsp3) is 0.889. The molecule has 66 valence electrons. The van der Waals surface area contributed by atoms with Crippen LogP contribution >= 0.6 is 0 Å². The summed E-state index contributed by atoms with van der Waals surface area (Å²) in [5.74, 6) is 0. The quantitative estimate of drug-likeness (QED) is 0.611. The van der Waals surface area contributed by atoms with Crippen molar-refractivity contribution >= 4 is 6.41 Å². The molecule has 0 radical (unpaired) electrons. The minimum Gasteiger partial charge on any atom is -0.356 e. The minimum atomic E-state index is 0.483. The van der Waals surface area contributed by atoms with Crippen LogP contribution in [0.3, 0.4) is 0 Å². The maximum Gasteiger partial charge on any atom is 0.207 e. The Bertz CT molecular complexity index is 87.6. The summed E-state index contributed by atoms with van der Waals surface area (Å²) in [5, 5.41) is 2.80. The van der Waals surface area contributed by atoms with E-state index in [9.17, 15) is 4.79 Å². The van der Waals surface area contributed by atoms with Crippen LogP contribution in [-0.2, 0) is 4.79 Å². The molecule has 0 heterocycles. The molecule has 0 aromatic rings. The summed E-state index contributed by atoms with van der Waals surface area (Å²) in [6.07, 6.45) is 7.08. The SMILES string of the molecule is CC.O=CNC1CCCCC1. The lowest BCUT2D eigenvalue weighted by atomic mass is 9.96. The Hall–Kier alpha value is -0.530. The molecular formula is C9H19NO. The number of nitrogens with one attached hydrogen (secondary N) is 1. The van der Waals surface area contributed by atoms with E-state index in [4.69, 9.17) is 0 Å². The lowest BCUT2D eigenvalue weighted by molar-refractivity contribution is -0.110. The van der Waals surface area contributed by atoms with Crippen molar-refractivity contribution < 1.29 is 4.79 Å². The van der Waals surface area contributed by atoms with Gasteiger partial charge in [0.05, 0.1) is 0 Å². The highest BCUT2D eigenvalue weighted by Gasteiger charge is 2.10. The van der Waals surface area contributed by atoms with Crippen molar-refractivity contribution in [3.63, 3.8) is 0 Å². The molecule has 2 nitrogen and oxygen atoms in total. The Balaban J connectivity index is 0.000000461. The first-order chi connectivity index (χ1) is 5.43. The summed E-state index contributed by atoms with van der Waals surface area (Å²) in [5.41, 5.74) is 0. The second-order valence-corrected chi connectivity index (χ2v) is 2.62. The Morgan fingerprint density at radius 2 is 1.73 bits per heavy atom. The average Bonchev–Trinajstić information content (AvgIpc) is 2.11. The molecule has 1 amide bonds. The topological polar surface area (TPSA) is 29.1 Å². The summed E-state index contributed by atoms with van der Waals surface area (Å²) >= 11 is 0. The van der Waals surface area contributed by atoms with Crippen molar-refractivity contribution in [1.82, 2.24) is 5.32 Å². The van der Waals surface area contributed by atoms with Gasteiger partial charge in [-0.05, 0) is 12.8 Å². The normalized spacial score (nSPS) is 18.0. The van der Waals surface area contributed by atoms with E-state index in [1.165, 1.54) is 32.1 Å². The molecule has 1 fully saturated rings. The Labute approximate surface area is 69.4 Å². The van der Waals surface area contributed by atoms with Crippen LogP contribution in [0.4, 0.5) is 0 Å². The zero-order valence-electron chi connectivity index (χ0n) is 7.60. The van der Waals surface area contributed by atoms with Crippen molar-refractivity contribution in [2.45, 2.75) is 52.0 Å². The fourth-order valence-electron chi connectivity index (χ4n) is 1.37. The van der Waals surface area contributed by atoms with E-state index in [0.29, 0.717) is 6.04 Å². The number of hydrogen-bond acceptors (Lipinski definition) is 1. The second kappa shape index (κ2) is 7.58. The van der Waals surface area contributed by atoms with Gasteiger partial charge in [0.2, 0.25) is 6.41 Å². The summed E-state index contributed by atoms with van der Waals surface area (Å²) < 4.78 is 0. The summed E-state index contributed by atoms with van der Waals surface area (Å²) in [6.45, 7) is 4.00. The van der Waals surface area contributed by atoms with E-state index < -0.39 is 0 Å². The molecule has 0 aromatic heterocycles. The third-order valence-electron chi connectivity index (χ3n) is 1.91. The highest BCUT2D eigenvalue weighted by atomic mass is 16.1. The fourth-order valence-corrected chi connectivity index (χ4v) is 1.37. The van der Waals surface area contributed by atoms with Crippen LogP contribution in [0, 0.1) is 0 Å². The molecule has 0 aliphatic heterocycles. The first-order valence-electron chi connectivity index (χ1n) is 4.63. The van der Waals surface area contributed by atoms with Crippen molar-refractivity contribution in [2.75, 3.05) is 0 Å². The van der Waals surface area contributed by atoms with Gasteiger partial charge in [0, 0.05) is 6.04 Å². The molecular weight excluding hydrogens is 138 g/mol. The number of carbonyl (C=O) groups excluding carboxylic acids is 1. The molecule has 0 spiro atoms. The Morgan fingerprint density at radius 3 is 2.18 bits per heavy atom. The van der Waals surface area contributed by atoms with Gasteiger partial charge in [-0.2, -0.15) is 0 Å². The third kappa shape index (κ3) is 4.82. The molecule has 0 saturated heterocycles. The molecule has 1 N–H and O–H groups in total. The van der Waals surface area contributed by atoms with Crippen molar-refractivity contribution in [1.29, 1.82) is 0 Å². The zero-order chi connectivity index (χ0) is 8.53.